The minimum atomic E-state index is -1.33. The summed E-state index contributed by atoms with van der Waals surface area (Å²) in [4.78, 5) is 27.4. The minimum Gasteiger partial charge on any atom is -0.466 e. The smallest absolute Gasteiger partial charge is 0.330 e. The van der Waals surface area contributed by atoms with Crippen molar-refractivity contribution >= 4 is 17.8 Å². The molecular formula is C16H15NO4. The topological polar surface area (TPSA) is 65.0 Å². The van der Waals surface area contributed by atoms with E-state index in [0.29, 0.717) is 5.56 Å². The molecule has 0 bridgehead atoms. The predicted molar refractivity (Wildman–Crippen MR) is 77.8 cm³/mol. The number of aliphatic imine (C=N–C) groups is 1. The van der Waals surface area contributed by atoms with Gasteiger partial charge in [-0.2, -0.15) is 4.99 Å². The van der Waals surface area contributed by atoms with Gasteiger partial charge in [0, 0.05) is 18.1 Å². The Kier molecular flexibility index (Phi) is 4.33. The maximum atomic E-state index is 12.2. The van der Waals surface area contributed by atoms with Crippen LogP contribution in [-0.4, -0.2) is 30.5 Å². The van der Waals surface area contributed by atoms with Gasteiger partial charge in [-0.15, -0.1) is 6.58 Å². The van der Waals surface area contributed by atoms with Crippen LogP contribution in [-0.2, 0) is 19.1 Å². The largest absolute Gasteiger partial charge is 0.466 e. The molecule has 2 rings (SSSR count). The van der Waals surface area contributed by atoms with Crippen molar-refractivity contribution in [1.29, 1.82) is 0 Å². The summed E-state index contributed by atoms with van der Waals surface area (Å²) in [5.41, 5.74) is -0.635. The van der Waals surface area contributed by atoms with Crippen molar-refractivity contribution in [1.82, 2.24) is 0 Å². The van der Waals surface area contributed by atoms with Crippen LogP contribution >= 0.6 is 0 Å². The maximum absolute atomic E-state index is 12.2. The summed E-state index contributed by atoms with van der Waals surface area (Å²) in [7, 11) is 1.26. The number of hydrogen-bond acceptors (Lipinski definition) is 4. The maximum Gasteiger partial charge on any atom is 0.330 e. The van der Waals surface area contributed by atoms with Crippen LogP contribution < -0.4 is 0 Å². The molecule has 0 aliphatic carbocycles. The van der Waals surface area contributed by atoms with Crippen LogP contribution in [0, 0.1) is 0 Å². The summed E-state index contributed by atoms with van der Waals surface area (Å²) in [6.07, 6.45) is 4.27. The van der Waals surface area contributed by atoms with Crippen molar-refractivity contribution in [3.8, 4) is 0 Å². The van der Waals surface area contributed by atoms with Crippen LogP contribution in [0.25, 0.3) is 0 Å². The molecule has 1 heterocycles. The highest BCUT2D eigenvalue weighted by atomic mass is 16.5. The molecule has 0 N–H and O–H groups in total. The fourth-order valence-electron chi connectivity index (χ4n) is 1.92. The van der Waals surface area contributed by atoms with E-state index in [1.165, 1.54) is 13.2 Å². The molecule has 0 aromatic heterocycles. The van der Waals surface area contributed by atoms with Crippen molar-refractivity contribution in [2.24, 2.45) is 4.99 Å². The molecule has 5 heteroatoms. The first-order chi connectivity index (χ1) is 10.1. The van der Waals surface area contributed by atoms with Gasteiger partial charge < -0.3 is 9.47 Å². The third kappa shape index (κ3) is 3.08. The number of ether oxygens (including phenoxy) is 2. The Balaban J connectivity index is 2.29. The first kappa shape index (κ1) is 14.7. The molecule has 0 unspecified atom stereocenters. The average Bonchev–Trinajstić information content (AvgIpc) is 2.83. The van der Waals surface area contributed by atoms with Gasteiger partial charge in [0.2, 0.25) is 11.5 Å². The first-order valence-electron chi connectivity index (χ1n) is 6.37. The molecule has 0 fully saturated rings. The van der Waals surface area contributed by atoms with Crippen LogP contribution in [0.1, 0.15) is 12.0 Å². The molecule has 0 spiro atoms. The lowest BCUT2D eigenvalue weighted by Gasteiger charge is -2.21. The van der Waals surface area contributed by atoms with E-state index in [2.05, 4.69) is 16.3 Å². The first-order valence-corrected chi connectivity index (χ1v) is 6.37. The van der Waals surface area contributed by atoms with E-state index in [4.69, 9.17) is 4.74 Å². The number of amides is 1. The number of esters is 1. The Morgan fingerprint density at radius 2 is 2.14 bits per heavy atom. The van der Waals surface area contributed by atoms with Crippen LogP contribution in [0.3, 0.4) is 0 Å². The van der Waals surface area contributed by atoms with Gasteiger partial charge in [0.15, 0.2) is 0 Å². The summed E-state index contributed by atoms with van der Waals surface area (Å²) in [5.74, 6) is -0.804. The summed E-state index contributed by atoms with van der Waals surface area (Å²) < 4.78 is 10.2. The summed E-state index contributed by atoms with van der Waals surface area (Å²) in [6, 6.07) is 9.09. The molecule has 0 radical (unpaired) electrons. The Morgan fingerprint density at radius 1 is 1.43 bits per heavy atom. The van der Waals surface area contributed by atoms with E-state index in [9.17, 15) is 9.59 Å². The Labute approximate surface area is 122 Å². The standard InChI is InChI=1S/C16H15NO4/c1-3-10-16(11-9-13(18)20-2)15(19)17-14(21-16)12-7-5-4-6-8-12/h3-9,11H,1,10H2,2H3/b11-9-/t16-/m1/s1. The third-order valence-electron chi connectivity index (χ3n) is 3.00. The van der Waals surface area contributed by atoms with Gasteiger partial charge in [0.25, 0.3) is 5.91 Å². The third-order valence-corrected chi connectivity index (χ3v) is 3.00. The number of nitrogens with zero attached hydrogens (tertiary/aromatic N) is 1. The molecule has 21 heavy (non-hydrogen) atoms. The number of benzene rings is 1. The van der Waals surface area contributed by atoms with Crippen molar-refractivity contribution in [2.75, 3.05) is 7.11 Å². The highest BCUT2D eigenvalue weighted by Gasteiger charge is 2.43. The Hall–Kier alpha value is -2.69. The zero-order chi connectivity index (χ0) is 15.3. The molecule has 1 aromatic rings. The molecule has 5 nitrogen and oxygen atoms in total. The van der Waals surface area contributed by atoms with Crippen molar-refractivity contribution in [3.63, 3.8) is 0 Å². The van der Waals surface area contributed by atoms with Gasteiger partial charge in [-0.25, -0.2) is 4.79 Å². The lowest BCUT2D eigenvalue weighted by molar-refractivity contribution is -0.134. The number of carbonyl (C=O) groups is 2. The van der Waals surface area contributed by atoms with Gasteiger partial charge in [-0.3, -0.25) is 4.79 Å². The highest BCUT2D eigenvalue weighted by Crippen LogP contribution is 2.29. The lowest BCUT2D eigenvalue weighted by atomic mass is 9.98. The van der Waals surface area contributed by atoms with Crippen LogP contribution in [0.15, 0.2) is 60.1 Å². The van der Waals surface area contributed by atoms with E-state index in [1.807, 2.05) is 18.2 Å². The molecule has 1 aromatic carbocycles. The molecule has 1 atom stereocenters. The lowest BCUT2D eigenvalue weighted by Crippen LogP contribution is -2.35. The number of rotatable bonds is 5. The summed E-state index contributed by atoms with van der Waals surface area (Å²) >= 11 is 0. The van der Waals surface area contributed by atoms with Gasteiger partial charge in [-0.05, 0) is 18.2 Å². The minimum absolute atomic E-state index is 0.208. The van der Waals surface area contributed by atoms with E-state index in [0.717, 1.165) is 6.08 Å². The van der Waals surface area contributed by atoms with Gasteiger partial charge in [0.05, 0.1) is 7.11 Å². The van der Waals surface area contributed by atoms with E-state index < -0.39 is 17.5 Å². The van der Waals surface area contributed by atoms with Crippen molar-refractivity contribution in [2.45, 2.75) is 12.0 Å². The highest BCUT2D eigenvalue weighted by molar-refractivity contribution is 6.10. The average molecular weight is 285 g/mol. The van der Waals surface area contributed by atoms with E-state index >= 15 is 0 Å². The second-order valence-electron chi connectivity index (χ2n) is 4.43. The zero-order valence-corrected chi connectivity index (χ0v) is 11.6. The van der Waals surface area contributed by atoms with Gasteiger partial charge >= 0.3 is 5.97 Å². The fraction of sp³-hybridized carbons (Fsp3) is 0.188. The van der Waals surface area contributed by atoms with E-state index in [1.54, 1.807) is 18.2 Å². The molecular weight excluding hydrogens is 270 g/mol. The quantitative estimate of drug-likeness (QED) is 0.472. The predicted octanol–water partition coefficient (Wildman–Crippen LogP) is 2.03. The normalized spacial score (nSPS) is 21.0. The molecule has 108 valence electrons. The van der Waals surface area contributed by atoms with Crippen LogP contribution in [0.5, 0.6) is 0 Å². The second-order valence-corrected chi connectivity index (χ2v) is 4.43. The monoisotopic (exact) mass is 285 g/mol. The fourth-order valence-corrected chi connectivity index (χ4v) is 1.92. The van der Waals surface area contributed by atoms with E-state index in [-0.39, 0.29) is 12.3 Å². The molecule has 0 saturated heterocycles. The Morgan fingerprint density at radius 3 is 2.76 bits per heavy atom. The van der Waals surface area contributed by atoms with Crippen molar-refractivity contribution in [3.05, 3.63) is 60.7 Å². The number of carbonyl (C=O) groups excluding carboxylic acids is 2. The molecule has 1 aliphatic rings. The molecule has 0 saturated carbocycles. The van der Waals surface area contributed by atoms with Gasteiger partial charge in [-0.1, -0.05) is 24.3 Å². The van der Waals surface area contributed by atoms with Gasteiger partial charge in [0.1, 0.15) is 0 Å². The molecule has 1 amide bonds. The Bertz CT molecular complexity index is 618. The summed E-state index contributed by atoms with van der Waals surface area (Å²) in [5, 5.41) is 0. The number of hydrogen-bond donors (Lipinski definition) is 0. The zero-order valence-electron chi connectivity index (χ0n) is 11.6. The SMILES string of the molecule is C=CC[C@]1(/C=C\C(=O)OC)OC(c2ccccc2)=NC1=O. The second kappa shape index (κ2) is 6.17. The molecule has 1 aliphatic heterocycles. The number of methoxy groups -OCH3 is 1. The van der Waals surface area contributed by atoms with Crippen LogP contribution in [0.2, 0.25) is 0 Å². The van der Waals surface area contributed by atoms with Crippen molar-refractivity contribution < 1.29 is 19.1 Å². The van der Waals surface area contributed by atoms with Crippen LogP contribution in [0.4, 0.5) is 0 Å². The summed E-state index contributed by atoms with van der Waals surface area (Å²) in [6.45, 7) is 3.62.